The summed E-state index contributed by atoms with van der Waals surface area (Å²) in [5.41, 5.74) is -0.223. The number of hydrogen-bond acceptors (Lipinski definition) is 4. The zero-order chi connectivity index (χ0) is 21.7. The van der Waals surface area contributed by atoms with Gasteiger partial charge in [0.05, 0.1) is 28.8 Å². The number of nitrogens with one attached hydrogen (secondary N) is 2. The van der Waals surface area contributed by atoms with Crippen molar-refractivity contribution in [3.05, 3.63) is 48.0 Å². The third kappa shape index (κ3) is 5.47. The summed E-state index contributed by atoms with van der Waals surface area (Å²) in [5, 5.41) is 4.48. The highest BCUT2D eigenvalue weighted by molar-refractivity contribution is 8.01. The lowest BCUT2D eigenvalue weighted by atomic mass is 10.1. The number of para-hydroxylation sites is 2. The van der Waals surface area contributed by atoms with Crippen LogP contribution in [0.1, 0.15) is 31.7 Å². The lowest BCUT2D eigenvalue weighted by Crippen LogP contribution is -2.32. The fraction of sp³-hybridized carbons (Fsp3) is 0.333. The monoisotopic (exact) mass is 438 g/mol. The number of unbranched alkanes of at least 4 members (excludes halogenated alkanes) is 1. The van der Waals surface area contributed by atoms with Gasteiger partial charge in [0.25, 0.3) is 0 Å². The molecule has 0 saturated heterocycles. The number of rotatable bonds is 7. The molecule has 2 amide bonds. The number of carbonyl (C=O) groups excluding carboxylic acids is 2. The van der Waals surface area contributed by atoms with Gasteiger partial charge in [-0.2, -0.15) is 13.2 Å². The highest BCUT2D eigenvalue weighted by Gasteiger charge is 2.34. The number of benzene rings is 2. The van der Waals surface area contributed by atoms with E-state index < -0.39 is 22.9 Å². The fourth-order valence-corrected chi connectivity index (χ4v) is 3.94. The first-order valence-electron chi connectivity index (χ1n) is 9.48. The Hall–Kier alpha value is -2.68. The van der Waals surface area contributed by atoms with Crippen LogP contribution in [0.5, 0.6) is 5.75 Å². The van der Waals surface area contributed by atoms with E-state index in [9.17, 15) is 22.8 Å². The summed E-state index contributed by atoms with van der Waals surface area (Å²) >= 11 is 1.07. The van der Waals surface area contributed by atoms with Gasteiger partial charge in [0, 0.05) is 11.3 Å². The van der Waals surface area contributed by atoms with E-state index >= 15 is 0 Å². The van der Waals surface area contributed by atoms with Crippen molar-refractivity contribution in [3.63, 3.8) is 0 Å². The smallest absolute Gasteiger partial charge is 0.416 e. The minimum absolute atomic E-state index is 0.103. The molecule has 9 heteroatoms. The molecule has 0 aliphatic carbocycles. The molecule has 0 radical (unpaired) electrons. The van der Waals surface area contributed by atoms with E-state index in [0.717, 1.165) is 36.7 Å². The van der Waals surface area contributed by atoms with E-state index in [4.69, 9.17) is 4.74 Å². The second-order valence-corrected chi connectivity index (χ2v) is 8.00. The van der Waals surface area contributed by atoms with Crippen molar-refractivity contribution in [2.75, 3.05) is 17.2 Å². The number of fused-ring (bicyclic) bond motifs is 1. The van der Waals surface area contributed by atoms with Crippen molar-refractivity contribution in [1.82, 2.24) is 0 Å². The molecule has 0 saturated carbocycles. The van der Waals surface area contributed by atoms with Gasteiger partial charge in [-0.1, -0.05) is 25.5 Å². The van der Waals surface area contributed by atoms with Crippen LogP contribution < -0.4 is 15.4 Å². The molecule has 3 rings (SSSR count). The van der Waals surface area contributed by atoms with E-state index in [1.54, 1.807) is 24.3 Å². The molecular weight excluding hydrogens is 417 g/mol. The van der Waals surface area contributed by atoms with Crippen molar-refractivity contribution >= 4 is 35.0 Å². The predicted octanol–water partition coefficient (Wildman–Crippen LogP) is 5.33. The maximum atomic E-state index is 12.9. The normalized spacial score (nSPS) is 15.9. The highest BCUT2D eigenvalue weighted by Crippen LogP contribution is 2.40. The summed E-state index contributed by atoms with van der Waals surface area (Å²) in [6, 6.07) is 10.2. The van der Waals surface area contributed by atoms with Crippen LogP contribution >= 0.6 is 11.8 Å². The van der Waals surface area contributed by atoms with Crippen LogP contribution in [-0.2, 0) is 15.8 Å². The first-order chi connectivity index (χ1) is 14.3. The average molecular weight is 438 g/mol. The lowest BCUT2D eigenvalue weighted by Gasteiger charge is -2.24. The molecule has 0 aromatic heterocycles. The van der Waals surface area contributed by atoms with Crippen molar-refractivity contribution in [2.45, 2.75) is 42.5 Å². The maximum Gasteiger partial charge on any atom is 0.416 e. The number of anilines is 2. The quantitative estimate of drug-likeness (QED) is 0.574. The van der Waals surface area contributed by atoms with Crippen molar-refractivity contribution in [2.24, 2.45) is 0 Å². The zero-order valence-electron chi connectivity index (χ0n) is 16.2. The van der Waals surface area contributed by atoms with Gasteiger partial charge in [-0.3, -0.25) is 9.59 Å². The van der Waals surface area contributed by atoms with Gasteiger partial charge in [-0.15, -0.1) is 11.8 Å². The van der Waals surface area contributed by atoms with Crippen molar-refractivity contribution < 1.29 is 27.5 Å². The largest absolute Gasteiger partial charge is 0.491 e. The number of amides is 2. The topological polar surface area (TPSA) is 67.4 Å². The average Bonchev–Trinajstić information content (AvgIpc) is 2.69. The summed E-state index contributed by atoms with van der Waals surface area (Å²) in [7, 11) is 0. The number of halogens is 3. The highest BCUT2D eigenvalue weighted by atomic mass is 32.2. The summed E-state index contributed by atoms with van der Waals surface area (Å²) in [5.74, 6) is -0.343. The second-order valence-electron chi connectivity index (χ2n) is 6.75. The Labute approximate surface area is 176 Å². The Morgan fingerprint density at radius 2 is 2.00 bits per heavy atom. The van der Waals surface area contributed by atoms with Gasteiger partial charge in [0.1, 0.15) is 5.75 Å². The van der Waals surface area contributed by atoms with Crippen LogP contribution in [0.4, 0.5) is 24.5 Å². The Kier molecular flexibility index (Phi) is 6.91. The Morgan fingerprint density at radius 1 is 1.23 bits per heavy atom. The Morgan fingerprint density at radius 3 is 2.73 bits per heavy atom. The number of hydrogen-bond donors (Lipinski definition) is 2. The number of thioether (sulfide) groups is 1. The molecule has 0 bridgehead atoms. The van der Waals surface area contributed by atoms with Crippen molar-refractivity contribution in [1.29, 1.82) is 0 Å². The van der Waals surface area contributed by atoms with Crippen LogP contribution in [0.3, 0.4) is 0 Å². The van der Waals surface area contributed by atoms with Crippen LogP contribution in [0.2, 0.25) is 0 Å². The maximum absolute atomic E-state index is 12.9. The van der Waals surface area contributed by atoms with Crippen LogP contribution in [0.25, 0.3) is 0 Å². The summed E-state index contributed by atoms with van der Waals surface area (Å²) in [6.07, 6.45) is -2.75. The molecular formula is C21H21F3N2O3S. The third-order valence-electron chi connectivity index (χ3n) is 4.41. The third-order valence-corrected chi connectivity index (χ3v) is 5.69. The number of carbonyl (C=O) groups is 2. The number of ether oxygens (including phenoxy) is 1. The van der Waals surface area contributed by atoms with Gasteiger partial charge >= 0.3 is 6.18 Å². The summed E-state index contributed by atoms with van der Waals surface area (Å²) in [6.45, 7) is 2.58. The van der Waals surface area contributed by atoms with Crippen molar-refractivity contribution in [3.8, 4) is 5.75 Å². The molecule has 2 aromatic carbocycles. The van der Waals surface area contributed by atoms with Gasteiger partial charge < -0.3 is 15.4 Å². The first kappa shape index (κ1) is 22.0. The molecule has 2 aromatic rings. The fourth-order valence-electron chi connectivity index (χ4n) is 2.85. The lowest BCUT2D eigenvalue weighted by molar-refractivity contribution is -0.137. The summed E-state index contributed by atoms with van der Waals surface area (Å²) < 4.78 is 44.3. The molecule has 0 fully saturated rings. The minimum atomic E-state index is -4.49. The zero-order valence-corrected chi connectivity index (χ0v) is 17.0. The molecule has 1 atom stereocenters. The van der Waals surface area contributed by atoms with Crippen LogP contribution in [-0.4, -0.2) is 23.7 Å². The molecule has 1 aliphatic rings. The minimum Gasteiger partial charge on any atom is -0.491 e. The van der Waals surface area contributed by atoms with Crippen LogP contribution in [0, 0.1) is 0 Å². The van der Waals surface area contributed by atoms with Gasteiger partial charge in [-0.05, 0) is 36.8 Å². The first-order valence-corrected chi connectivity index (χ1v) is 10.4. The molecule has 0 spiro atoms. The van der Waals surface area contributed by atoms with Gasteiger partial charge in [0.15, 0.2) is 0 Å². The molecule has 2 N–H and O–H groups in total. The van der Waals surface area contributed by atoms with E-state index in [0.29, 0.717) is 22.9 Å². The van der Waals surface area contributed by atoms with E-state index in [1.165, 1.54) is 6.07 Å². The van der Waals surface area contributed by atoms with Gasteiger partial charge in [-0.25, -0.2) is 0 Å². The molecule has 160 valence electrons. The number of alkyl halides is 3. The molecule has 0 unspecified atom stereocenters. The van der Waals surface area contributed by atoms with Crippen LogP contribution in [0.15, 0.2) is 47.4 Å². The standard InChI is InChI=1S/C21H21F3N2O3S/c1-2-3-10-29-16-7-5-4-6-14(16)25-19(27)12-18-20(28)26-15-11-13(21(22,23)24)8-9-17(15)30-18/h4-9,11,18H,2-3,10,12H2,1H3,(H,25,27)(H,26,28)/t18-/m0/s1. The Bertz CT molecular complexity index is 934. The SMILES string of the molecule is CCCCOc1ccccc1NC(=O)C[C@@H]1Sc2ccc(C(F)(F)F)cc2NC1=O. The predicted molar refractivity (Wildman–Crippen MR) is 110 cm³/mol. The second kappa shape index (κ2) is 9.42. The molecule has 30 heavy (non-hydrogen) atoms. The van der Waals surface area contributed by atoms with E-state index in [2.05, 4.69) is 10.6 Å². The molecule has 1 aliphatic heterocycles. The van der Waals surface area contributed by atoms with E-state index in [1.807, 2.05) is 6.92 Å². The van der Waals surface area contributed by atoms with Gasteiger partial charge in [0.2, 0.25) is 11.8 Å². The molecule has 1 heterocycles. The summed E-state index contributed by atoms with van der Waals surface area (Å²) in [4.78, 5) is 25.3. The molecule has 5 nitrogen and oxygen atoms in total. The Balaban J connectivity index is 1.65. The van der Waals surface area contributed by atoms with E-state index in [-0.39, 0.29) is 18.0 Å².